The third-order valence-corrected chi connectivity index (χ3v) is 4.47. The molecule has 2 aromatic carbocycles. The molecule has 0 radical (unpaired) electrons. The number of aromatic hydroxyl groups is 1. The van der Waals surface area contributed by atoms with E-state index >= 15 is 0 Å². The molecule has 0 saturated carbocycles. The number of rotatable bonds is 3. The predicted molar refractivity (Wildman–Crippen MR) is 85.8 cm³/mol. The molecule has 0 spiro atoms. The van der Waals surface area contributed by atoms with Gasteiger partial charge in [-0.3, -0.25) is 4.79 Å². The Morgan fingerprint density at radius 1 is 1.09 bits per heavy atom. The summed E-state index contributed by atoms with van der Waals surface area (Å²) in [5, 5.41) is 9.93. The summed E-state index contributed by atoms with van der Waals surface area (Å²) in [7, 11) is 2.94. The van der Waals surface area contributed by atoms with Crippen molar-refractivity contribution in [3.8, 4) is 17.2 Å². The van der Waals surface area contributed by atoms with Crippen LogP contribution in [0.3, 0.4) is 0 Å². The monoisotopic (exact) mass is 314 g/mol. The van der Waals surface area contributed by atoms with E-state index in [9.17, 15) is 9.90 Å². The molecule has 0 fully saturated rings. The first-order chi connectivity index (χ1) is 10.6. The van der Waals surface area contributed by atoms with Gasteiger partial charge in [0.05, 0.1) is 19.1 Å². The van der Waals surface area contributed by atoms with Crippen LogP contribution in [0.1, 0.15) is 15.9 Å². The number of carbonyl (C=O) groups is 1. The van der Waals surface area contributed by atoms with Crippen molar-refractivity contribution in [3.63, 3.8) is 0 Å². The quantitative estimate of drug-likeness (QED) is 0.875. The summed E-state index contributed by atoms with van der Waals surface area (Å²) in [6.07, 6.45) is 1.78. The van der Waals surface area contributed by atoms with Crippen LogP contribution in [-0.2, 0) is 0 Å². The van der Waals surface area contributed by atoms with Crippen LogP contribution in [0.15, 0.2) is 46.2 Å². The number of methoxy groups -OCH3 is 2. The molecular weight excluding hydrogens is 300 g/mol. The number of phenols is 1. The summed E-state index contributed by atoms with van der Waals surface area (Å²) in [4.78, 5) is 14.0. The SMILES string of the molecule is COc1cc(C=C2Sc3ccccc3C2=O)cc(OC)c1O. The third-order valence-electron chi connectivity index (χ3n) is 3.38. The summed E-state index contributed by atoms with van der Waals surface area (Å²) in [5.74, 6) is 0.561. The number of fused-ring (bicyclic) bond motifs is 1. The molecule has 0 aliphatic carbocycles. The Morgan fingerprint density at radius 2 is 1.73 bits per heavy atom. The number of carbonyl (C=O) groups excluding carboxylic acids is 1. The second kappa shape index (κ2) is 5.77. The molecule has 0 unspecified atom stereocenters. The minimum Gasteiger partial charge on any atom is -0.502 e. The van der Waals surface area contributed by atoms with Crippen LogP contribution in [0.25, 0.3) is 6.08 Å². The summed E-state index contributed by atoms with van der Waals surface area (Å²) in [6, 6.07) is 10.9. The van der Waals surface area contributed by atoms with Gasteiger partial charge in [0.15, 0.2) is 11.5 Å². The van der Waals surface area contributed by atoms with Gasteiger partial charge in [-0.15, -0.1) is 0 Å². The fourth-order valence-corrected chi connectivity index (χ4v) is 3.34. The molecule has 112 valence electrons. The lowest BCUT2D eigenvalue weighted by atomic mass is 10.1. The van der Waals surface area contributed by atoms with Crippen LogP contribution in [0.2, 0.25) is 0 Å². The zero-order valence-corrected chi connectivity index (χ0v) is 12.9. The second-order valence-electron chi connectivity index (χ2n) is 4.71. The van der Waals surface area contributed by atoms with Crippen LogP contribution in [-0.4, -0.2) is 25.1 Å². The molecule has 22 heavy (non-hydrogen) atoms. The summed E-state index contributed by atoms with van der Waals surface area (Å²) >= 11 is 1.44. The highest BCUT2D eigenvalue weighted by atomic mass is 32.2. The van der Waals surface area contributed by atoms with Crippen LogP contribution in [0.4, 0.5) is 0 Å². The van der Waals surface area contributed by atoms with Gasteiger partial charge in [0, 0.05) is 10.5 Å². The average Bonchev–Trinajstić information content (AvgIpc) is 2.85. The lowest BCUT2D eigenvalue weighted by Gasteiger charge is -2.09. The molecule has 3 rings (SSSR count). The lowest BCUT2D eigenvalue weighted by Crippen LogP contribution is -1.94. The number of hydrogen-bond acceptors (Lipinski definition) is 5. The number of Topliss-reactive ketones (excluding diaryl/α,β-unsaturated/α-hetero) is 1. The van der Waals surface area contributed by atoms with E-state index in [2.05, 4.69) is 0 Å². The Bertz CT molecular complexity index is 755. The molecule has 1 heterocycles. The van der Waals surface area contributed by atoms with Gasteiger partial charge in [-0.1, -0.05) is 23.9 Å². The highest BCUT2D eigenvalue weighted by Gasteiger charge is 2.25. The van der Waals surface area contributed by atoms with E-state index in [0.29, 0.717) is 16.4 Å². The second-order valence-corrected chi connectivity index (χ2v) is 5.79. The lowest BCUT2D eigenvalue weighted by molar-refractivity contribution is 0.104. The maximum Gasteiger partial charge on any atom is 0.200 e. The molecule has 2 aromatic rings. The average molecular weight is 314 g/mol. The molecule has 0 aromatic heterocycles. The third kappa shape index (κ3) is 2.44. The molecule has 5 heteroatoms. The first-order valence-electron chi connectivity index (χ1n) is 6.62. The topological polar surface area (TPSA) is 55.8 Å². The molecule has 4 nitrogen and oxygen atoms in total. The van der Waals surface area contributed by atoms with Gasteiger partial charge in [0.2, 0.25) is 11.5 Å². The number of allylic oxidation sites excluding steroid dienone is 1. The fraction of sp³-hybridized carbons (Fsp3) is 0.118. The van der Waals surface area contributed by atoms with Crippen molar-refractivity contribution in [1.82, 2.24) is 0 Å². The maximum absolute atomic E-state index is 12.4. The van der Waals surface area contributed by atoms with E-state index in [1.165, 1.54) is 26.0 Å². The Hall–Kier alpha value is -2.40. The molecule has 1 aliphatic rings. The maximum atomic E-state index is 12.4. The Morgan fingerprint density at radius 3 is 2.32 bits per heavy atom. The first-order valence-corrected chi connectivity index (χ1v) is 7.44. The highest BCUT2D eigenvalue weighted by molar-refractivity contribution is 8.04. The van der Waals surface area contributed by atoms with Crippen molar-refractivity contribution >= 4 is 23.6 Å². The molecule has 1 aliphatic heterocycles. The molecule has 0 atom stereocenters. The number of thioether (sulfide) groups is 1. The van der Waals surface area contributed by atoms with Crippen LogP contribution in [0.5, 0.6) is 17.2 Å². The Labute approximate surface area is 132 Å². The van der Waals surface area contributed by atoms with Crippen LogP contribution in [0, 0.1) is 0 Å². The van der Waals surface area contributed by atoms with Crippen molar-refractivity contribution in [3.05, 3.63) is 52.4 Å². The van der Waals surface area contributed by atoms with E-state index in [-0.39, 0.29) is 11.5 Å². The molecule has 1 N–H and O–H groups in total. The highest BCUT2D eigenvalue weighted by Crippen LogP contribution is 2.42. The molecule has 0 saturated heterocycles. The van der Waals surface area contributed by atoms with E-state index < -0.39 is 0 Å². The van der Waals surface area contributed by atoms with E-state index in [1.807, 2.05) is 24.3 Å². The Kier molecular flexibility index (Phi) is 3.81. The summed E-state index contributed by atoms with van der Waals surface area (Å²) in [5.41, 5.74) is 1.45. The fourth-order valence-electron chi connectivity index (χ4n) is 2.28. The molecule has 0 bridgehead atoms. The van der Waals surface area contributed by atoms with E-state index in [4.69, 9.17) is 9.47 Å². The van der Waals surface area contributed by atoms with Gasteiger partial charge in [-0.2, -0.15) is 0 Å². The van der Waals surface area contributed by atoms with E-state index in [1.54, 1.807) is 18.2 Å². The zero-order valence-electron chi connectivity index (χ0n) is 12.1. The predicted octanol–water partition coefficient (Wildman–Crippen LogP) is 3.74. The summed E-state index contributed by atoms with van der Waals surface area (Å²) < 4.78 is 10.3. The number of ether oxygens (including phenoxy) is 2. The number of hydrogen-bond donors (Lipinski definition) is 1. The van der Waals surface area contributed by atoms with E-state index in [0.717, 1.165) is 16.0 Å². The van der Waals surface area contributed by atoms with Crippen LogP contribution >= 0.6 is 11.8 Å². The summed E-state index contributed by atoms with van der Waals surface area (Å²) in [6.45, 7) is 0. The molecule has 0 amide bonds. The van der Waals surface area contributed by atoms with Crippen molar-refractivity contribution in [1.29, 1.82) is 0 Å². The van der Waals surface area contributed by atoms with Crippen molar-refractivity contribution in [2.24, 2.45) is 0 Å². The van der Waals surface area contributed by atoms with Gasteiger partial charge >= 0.3 is 0 Å². The van der Waals surface area contributed by atoms with Crippen LogP contribution < -0.4 is 9.47 Å². The minimum absolute atomic E-state index is 0.00612. The van der Waals surface area contributed by atoms with Gasteiger partial charge < -0.3 is 14.6 Å². The van der Waals surface area contributed by atoms with Gasteiger partial charge in [-0.05, 0) is 35.9 Å². The number of ketones is 1. The van der Waals surface area contributed by atoms with Crippen molar-refractivity contribution in [2.45, 2.75) is 4.90 Å². The van der Waals surface area contributed by atoms with Crippen molar-refractivity contribution in [2.75, 3.05) is 14.2 Å². The molecular formula is C17H14O4S. The van der Waals surface area contributed by atoms with Gasteiger partial charge in [0.25, 0.3) is 0 Å². The number of benzene rings is 2. The normalized spacial score (nSPS) is 15.0. The van der Waals surface area contributed by atoms with Crippen molar-refractivity contribution < 1.29 is 19.4 Å². The number of phenolic OH excluding ortho intramolecular Hbond substituents is 1. The Balaban J connectivity index is 2.02. The first kappa shape index (κ1) is 14.5. The largest absolute Gasteiger partial charge is 0.502 e. The van der Waals surface area contributed by atoms with Gasteiger partial charge in [-0.25, -0.2) is 0 Å². The standard InChI is InChI=1S/C17H14O4S/c1-20-12-7-10(8-13(21-2)17(12)19)9-15-16(18)11-5-3-4-6-14(11)22-15/h3-9,19H,1-2H3. The minimum atomic E-state index is -0.0548. The smallest absolute Gasteiger partial charge is 0.200 e. The zero-order chi connectivity index (χ0) is 15.7. The van der Waals surface area contributed by atoms with Gasteiger partial charge in [0.1, 0.15) is 0 Å².